The van der Waals surface area contributed by atoms with E-state index in [0.29, 0.717) is 5.56 Å². The third kappa shape index (κ3) is 5.02. The first kappa shape index (κ1) is 21.9. The highest BCUT2D eigenvalue weighted by molar-refractivity contribution is 6.32. The van der Waals surface area contributed by atoms with Crippen LogP contribution < -0.4 is 16.6 Å². The van der Waals surface area contributed by atoms with Crippen LogP contribution in [0.3, 0.4) is 0 Å². The molecule has 0 saturated carbocycles. The number of halogens is 2. The maximum Gasteiger partial charge on any atom is 0.332 e. The summed E-state index contributed by atoms with van der Waals surface area (Å²) in [5.74, 6) is 4.34. The zero-order valence-electron chi connectivity index (χ0n) is 16.4. The van der Waals surface area contributed by atoms with Crippen LogP contribution in [0.2, 0.25) is 5.15 Å². The van der Waals surface area contributed by atoms with Crippen molar-refractivity contribution in [2.75, 3.05) is 5.32 Å². The molecule has 31 heavy (non-hydrogen) atoms. The van der Waals surface area contributed by atoms with E-state index >= 15 is 0 Å². The molecule has 158 valence electrons. The molecule has 2 aromatic carbocycles. The van der Waals surface area contributed by atoms with E-state index in [4.69, 9.17) is 11.6 Å². The summed E-state index contributed by atoms with van der Waals surface area (Å²) < 4.78 is 15.6. The quantitative estimate of drug-likeness (QED) is 0.480. The average molecular weight is 442 g/mol. The lowest BCUT2D eigenvalue weighted by molar-refractivity contribution is -0.115. The highest BCUT2D eigenvalue weighted by Gasteiger charge is 2.18. The van der Waals surface area contributed by atoms with Crippen molar-refractivity contribution >= 4 is 23.2 Å². The molecule has 2 N–H and O–H groups in total. The van der Waals surface area contributed by atoms with Gasteiger partial charge in [0.25, 0.3) is 5.56 Å². The number of carbonyl (C=O) groups is 1. The van der Waals surface area contributed by atoms with E-state index in [-0.39, 0.29) is 35.1 Å². The predicted molar refractivity (Wildman–Crippen MR) is 115 cm³/mol. The minimum atomic E-state index is -0.797. The number of nitrogens with zero attached hydrogens (tertiary/aromatic N) is 2. The normalized spacial score (nSPS) is 10.3. The topological polar surface area (TPSA) is 93.3 Å². The summed E-state index contributed by atoms with van der Waals surface area (Å²) in [5.41, 5.74) is -1.14. The lowest BCUT2D eigenvalue weighted by Gasteiger charge is -2.13. The van der Waals surface area contributed by atoms with Gasteiger partial charge in [0.15, 0.2) is 0 Å². The molecule has 9 heteroatoms. The summed E-state index contributed by atoms with van der Waals surface area (Å²) in [5, 5.41) is 11.6. The predicted octanol–water partition coefficient (Wildman–Crippen LogP) is 2.28. The Morgan fingerprint density at radius 2 is 1.94 bits per heavy atom. The molecule has 3 aromatic rings. The summed E-state index contributed by atoms with van der Waals surface area (Å²) in [7, 11) is 1.24. The van der Waals surface area contributed by atoms with E-state index in [2.05, 4.69) is 17.2 Å². The molecule has 3 rings (SSSR count). The molecule has 0 unspecified atom stereocenters. The lowest BCUT2D eigenvalue weighted by atomic mass is 10.1. The Morgan fingerprint density at radius 1 is 1.19 bits per heavy atom. The minimum absolute atomic E-state index is 0.0453. The summed E-state index contributed by atoms with van der Waals surface area (Å²) >= 11 is 6.23. The molecule has 0 radical (unpaired) electrons. The van der Waals surface area contributed by atoms with Crippen LogP contribution in [0.25, 0.3) is 0 Å². The van der Waals surface area contributed by atoms with Crippen molar-refractivity contribution in [2.45, 2.75) is 13.0 Å². The number of phenolic OH excluding ortho intramolecular Hbond substituents is 1. The van der Waals surface area contributed by atoms with E-state index < -0.39 is 23.0 Å². The smallest absolute Gasteiger partial charge is 0.332 e. The Balaban J connectivity index is 1.89. The third-order valence-electron chi connectivity index (χ3n) is 4.37. The van der Waals surface area contributed by atoms with Crippen molar-refractivity contribution in [1.29, 1.82) is 0 Å². The van der Waals surface area contributed by atoms with E-state index in [9.17, 15) is 23.9 Å². The van der Waals surface area contributed by atoms with Gasteiger partial charge in [-0.1, -0.05) is 47.7 Å². The number of carbonyl (C=O) groups excluding carboxylic acids is 1. The monoisotopic (exact) mass is 441 g/mol. The number of aromatic nitrogens is 2. The zero-order chi connectivity index (χ0) is 22.5. The summed E-state index contributed by atoms with van der Waals surface area (Å²) in [6.45, 7) is -0.169. The molecule has 7 nitrogen and oxygen atoms in total. The number of hydrogen-bond acceptors (Lipinski definition) is 4. The molecule has 0 aliphatic rings. The highest BCUT2D eigenvalue weighted by Crippen LogP contribution is 2.16. The summed E-state index contributed by atoms with van der Waals surface area (Å²) in [6, 6.07) is 12.0. The second-order valence-electron chi connectivity index (χ2n) is 6.57. The largest absolute Gasteiger partial charge is 0.508 e. The Kier molecular flexibility index (Phi) is 6.58. The van der Waals surface area contributed by atoms with Crippen molar-refractivity contribution in [2.24, 2.45) is 7.05 Å². The van der Waals surface area contributed by atoms with Gasteiger partial charge in [-0.2, -0.15) is 0 Å². The third-order valence-corrected chi connectivity index (χ3v) is 4.76. The first-order chi connectivity index (χ1) is 14.8. The van der Waals surface area contributed by atoms with Crippen molar-refractivity contribution in [3.63, 3.8) is 0 Å². The Hall–Kier alpha value is -3.83. The standard InChI is InChI=1S/C22H17ClFN3O4/c1-26-21(30)19(25-18(29)13-15-8-2-3-10-17(15)24)20(23)27(22(26)31)11-5-7-14-6-4-9-16(28)12-14/h2-4,6,8-10,12,28H,11,13H2,1H3,(H,25,29). The Labute approximate surface area is 181 Å². The van der Waals surface area contributed by atoms with Gasteiger partial charge >= 0.3 is 5.69 Å². The fourth-order valence-corrected chi connectivity index (χ4v) is 3.05. The average Bonchev–Trinajstić information content (AvgIpc) is 2.74. The molecule has 0 bridgehead atoms. The molecule has 0 aliphatic heterocycles. The molecule has 0 fully saturated rings. The molecule has 1 aromatic heterocycles. The molecule has 0 aliphatic carbocycles. The number of hydrogen-bond donors (Lipinski definition) is 2. The van der Waals surface area contributed by atoms with Crippen LogP contribution in [0.15, 0.2) is 58.1 Å². The lowest BCUT2D eigenvalue weighted by Crippen LogP contribution is -2.40. The molecule has 1 amide bonds. The highest BCUT2D eigenvalue weighted by atomic mass is 35.5. The van der Waals surface area contributed by atoms with Crippen LogP contribution in [0.5, 0.6) is 5.75 Å². The van der Waals surface area contributed by atoms with Crippen LogP contribution in [-0.2, 0) is 24.8 Å². The van der Waals surface area contributed by atoms with E-state index in [0.717, 1.165) is 9.13 Å². The fourth-order valence-electron chi connectivity index (χ4n) is 2.79. The van der Waals surface area contributed by atoms with E-state index in [1.807, 2.05) is 0 Å². The molecule has 0 atom stereocenters. The van der Waals surface area contributed by atoms with Crippen LogP contribution in [0.1, 0.15) is 11.1 Å². The minimum Gasteiger partial charge on any atom is -0.508 e. The second kappa shape index (κ2) is 9.32. The van der Waals surface area contributed by atoms with Crippen LogP contribution >= 0.6 is 11.6 Å². The van der Waals surface area contributed by atoms with Crippen molar-refractivity contribution in [3.05, 3.63) is 91.5 Å². The van der Waals surface area contributed by atoms with E-state index in [1.165, 1.54) is 37.4 Å². The van der Waals surface area contributed by atoms with Crippen LogP contribution in [0.4, 0.5) is 10.1 Å². The number of amides is 1. The number of benzene rings is 2. The zero-order valence-corrected chi connectivity index (χ0v) is 17.1. The maximum atomic E-state index is 13.8. The van der Waals surface area contributed by atoms with Crippen LogP contribution in [0, 0.1) is 17.7 Å². The van der Waals surface area contributed by atoms with Gasteiger partial charge in [0.1, 0.15) is 22.4 Å². The van der Waals surface area contributed by atoms with Crippen molar-refractivity contribution in [3.8, 4) is 17.6 Å². The number of anilines is 1. The van der Waals surface area contributed by atoms with Gasteiger partial charge in [-0.3, -0.25) is 18.7 Å². The fraction of sp³-hybridized carbons (Fsp3) is 0.136. The first-order valence-corrected chi connectivity index (χ1v) is 9.46. The summed E-state index contributed by atoms with van der Waals surface area (Å²) in [4.78, 5) is 37.3. The molecule has 0 saturated heterocycles. The van der Waals surface area contributed by atoms with Gasteiger partial charge in [0.2, 0.25) is 5.91 Å². The van der Waals surface area contributed by atoms with Gasteiger partial charge in [0.05, 0.1) is 13.0 Å². The van der Waals surface area contributed by atoms with Gasteiger partial charge in [-0.15, -0.1) is 0 Å². The van der Waals surface area contributed by atoms with Gasteiger partial charge in [0, 0.05) is 12.6 Å². The van der Waals surface area contributed by atoms with Crippen molar-refractivity contribution in [1.82, 2.24) is 9.13 Å². The maximum absolute atomic E-state index is 13.8. The van der Waals surface area contributed by atoms with Crippen LogP contribution in [-0.4, -0.2) is 20.1 Å². The SMILES string of the molecule is Cn1c(=O)c(NC(=O)Cc2ccccc2F)c(Cl)n(CC#Cc2cccc(O)c2)c1=O. The first-order valence-electron chi connectivity index (χ1n) is 9.08. The molecular formula is C22H17ClFN3O4. The van der Waals surface area contributed by atoms with Crippen molar-refractivity contribution < 1.29 is 14.3 Å². The number of aromatic hydroxyl groups is 1. The van der Waals surface area contributed by atoms with E-state index in [1.54, 1.807) is 18.2 Å². The van der Waals surface area contributed by atoms with Gasteiger partial charge in [-0.05, 0) is 29.8 Å². The Morgan fingerprint density at radius 3 is 2.65 bits per heavy atom. The summed E-state index contributed by atoms with van der Waals surface area (Å²) in [6.07, 6.45) is -0.317. The number of nitrogens with one attached hydrogen (secondary N) is 1. The second-order valence-corrected chi connectivity index (χ2v) is 6.93. The van der Waals surface area contributed by atoms with Gasteiger partial charge in [-0.25, -0.2) is 9.18 Å². The number of phenols is 1. The number of rotatable bonds is 4. The molecular weight excluding hydrogens is 425 g/mol. The Bertz CT molecular complexity index is 1340. The molecule has 1 heterocycles. The molecule has 0 spiro atoms. The van der Waals surface area contributed by atoms with Gasteiger partial charge < -0.3 is 10.4 Å².